The number of carboxylic acid groups (broad SMARTS) is 1. The molecule has 21 heavy (non-hydrogen) atoms. The number of fused-ring (bicyclic) bond motifs is 1. The molecule has 0 radical (unpaired) electrons. The third kappa shape index (κ3) is 4.24. The predicted octanol–water partition coefficient (Wildman–Crippen LogP) is 5.04. The van der Waals surface area contributed by atoms with Crippen molar-refractivity contribution in [2.24, 2.45) is 0 Å². The van der Waals surface area contributed by atoms with Crippen molar-refractivity contribution in [1.29, 1.82) is 0 Å². The van der Waals surface area contributed by atoms with Gasteiger partial charge in [-0.2, -0.15) is 0 Å². The number of benzene rings is 1. The van der Waals surface area contributed by atoms with Crippen LogP contribution in [0, 0.1) is 6.92 Å². The van der Waals surface area contributed by atoms with Gasteiger partial charge in [0.2, 0.25) is 0 Å². The summed E-state index contributed by atoms with van der Waals surface area (Å²) in [6.45, 7) is 5.27. The average Bonchev–Trinajstić information content (AvgIpc) is 2.75. The number of nitrogens with zero attached hydrogens (tertiary/aromatic N) is 1. The van der Waals surface area contributed by atoms with E-state index in [0.29, 0.717) is 5.56 Å². The Balaban J connectivity index is 0.00000220. The van der Waals surface area contributed by atoms with Gasteiger partial charge in [-0.05, 0) is 31.0 Å². The van der Waals surface area contributed by atoms with E-state index in [2.05, 4.69) is 24.6 Å². The zero-order chi connectivity index (χ0) is 14.5. The van der Waals surface area contributed by atoms with Gasteiger partial charge in [0, 0.05) is 23.6 Å². The van der Waals surface area contributed by atoms with Gasteiger partial charge < -0.3 is 9.67 Å². The lowest BCUT2D eigenvalue weighted by molar-refractivity contribution is 0.0697. The molecule has 0 aliphatic heterocycles. The summed E-state index contributed by atoms with van der Waals surface area (Å²) < 4.78 is 2.20. The van der Waals surface area contributed by atoms with Crippen LogP contribution < -0.4 is 0 Å². The molecule has 1 aromatic heterocycles. The van der Waals surface area contributed by atoms with Crippen LogP contribution in [0.25, 0.3) is 10.9 Å². The first kappa shape index (κ1) is 17.6. The van der Waals surface area contributed by atoms with Crippen molar-refractivity contribution in [2.45, 2.75) is 52.5 Å². The molecule has 0 amide bonds. The highest BCUT2D eigenvalue weighted by molar-refractivity contribution is 5.94. The van der Waals surface area contributed by atoms with Gasteiger partial charge in [0.25, 0.3) is 0 Å². The number of halogens is 1. The Morgan fingerprint density at radius 1 is 1.19 bits per heavy atom. The van der Waals surface area contributed by atoms with Crippen LogP contribution in [0.1, 0.15) is 54.9 Å². The molecule has 0 aliphatic carbocycles. The molecule has 0 atom stereocenters. The third-order valence-electron chi connectivity index (χ3n) is 3.83. The topological polar surface area (TPSA) is 42.2 Å². The van der Waals surface area contributed by atoms with Gasteiger partial charge in [-0.25, -0.2) is 4.79 Å². The number of carbonyl (C=O) groups is 1. The van der Waals surface area contributed by atoms with Crippen molar-refractivity contribution < 1.29 is 9.90 Å². The van der Waals surface area contributed by atoms with E-state index in [1.165, 1.54) is 31.2 Å². The first-order valence-electron chi connectivity index (χ1n) is 7.46. The van der Waals surface area contributed by atoms with Crippen molar-refractivity contribution in [1.82, 2.24) is 4.57 Å². The highest BCUT2D eigenvalue weighted by Gasteiger charge is 2.09. The number of hydrogen-bond acceptors (Lipinski definition) is 1. The lowest BCUT2D eigenvalue weighted by Crippen LogP contribution is -1.99. The summed E-state index contributed by atoms with van der Waals surface area (Å²) in [6.07, 6.45) is 8.37. The number of carboxylic acids is 1. The molecule has 0 saturated carbocycles. The molecule has 3 nitrogen and oxygen atoms in total. The number of aromatic carboxylic acids is 1. The molecule has 1 aromatic carbocycles. The molecule has 116 valence electrons. The van der Waals surface area contributed by atoms with E-state index < -0.39 is 5.97 Å². The molecule has 1 N–H and O–H groups in total. The van der Waals surface area contributed by atoms with Crippen molar-refractivity contribution in [2.75, 3.05) is 0 Å². The van der Waals surface area contributed by atoms with E-state index >= 15 is 0 Å². The molecule has 0 bridgehead atoms. The minimum absolute atomic E-state index is 0. The fraction of sp³-hybridized carbons (Fsp3) is 0.471. The molecule has 0 saturated heterocycles. The van der Waals surface area contributed by atoms with Crippen molar-refractivity contribution in [3.8, 4) is 0 Å². The van der Waals surface area contributed by atoms with Crippen LogP contribution in [0.4, 0.5) is 0 Å². The molecule has 4 heteroatoms. The maximum Gasteiger partial charge on any atom is 0.335 e. The van der Waals surface area contributed by atoms with Crippen LogP contribution in [0.15, 0.2) is 24.4 Å². The van der Waals surface area contributed by atoms with Crippen molar-refractivity contribution in [3.63, 3.8) is 0 Å². The SMILES string of the molecule is CCCCCCCn1cc(C)c2ccc(C(=O)O)cc21.Cl. The second-order valence-electron chi connectivity index (χ2n) is 5.46. The van der Waals surface area contributed by atoms with Gasteiger partial charge in [0.05, 0.1) is 5.56 Å². The Bertz CT molecular complexity index is 604. The van der Waals surface area contributed by atoms with Gasteiger partial charge in [0.15, 0.2) is 0 Å². The van der Waals surface area contributed by atoms with Gasteiger partial charge in [-0.1, -0.05) is 38.7 Å². The normalized spacial score (nSPS) is 10.6. The van der Waals surface area contributed by atoms with Crippen LogP contribution in [0.5, 0.6) is 0 Å². The van der Waals surface area contributed by atoms with Gasteiger partial charge in [-0.15, -0.1) is 12.4 Å². The first-order chi connectivity index (χ1) is 9.63. The minimum atomic E-state index is -0.861. The first-order valence-corrected chi connectivity index (χ1v) is 7.46. The number of aromatic nitrogens is 1. The van der Waals surface area contributed by atoms with E-state index in [4.69, 9.17) is 5.11 Å². The van der Waals surface area contributed by atoms with Crippen molar-refractivity contribution in [3.05, 3.63) is 35.5 Å². The summed E-state index contributed by atoms with van der Waals surface area (Å²) in [4.78, 5) is 11.1. The summed E-state index contributed by atoms with van der Waals surface area (Å²) >= 11 is 0. The highest BCUT2D eigenvalue weighted by atomic mass is 35.5. The van der Waals surface area contributed by atoms with Gasteiger partial charge in [-0.3, -0.25) is 0 Å². The Hall–Kier alpha value is -1.48. The zero-order valence-corrected chi connectivity index (χ0v) is 13.6. The lowest BCUT2D eigenvalue weighted by Gasteiger charge is -2.06. The molecule has 0 spiro atoms. The maximum atomic E-state index is 11.1. The maximum absolute atomic E-state index is 11.1. The molecule has 2 aromatic rings. The average molecular weight is 310 g/mol. The summed E-state index contributed by atoms with van der Waals surface area (Å²) in [7, 11) is 0. The molecule has 2 rings (SSSR count). The van der Waals surface area contributed by atoms with Crippen LogP contribution in [-0.4, -0.2) is 15.6 Å². The summed E-state index contributed by atoms with van der Waals surface area (Å²) in [5.74, 6) is -0.861. The second-order valence-corrected chi connectivity index (χ2v) is 5.46. The quantitative estimate of drug-likeness (QED) is 0.728. The summed E-state index contributed by atoms with van der Waals surface area (Å²) in [5.41, 5.74) is 2.62. The molecule has 0 aliphatic rings. The van der Waals surface area contributed by atoms with Crippen LogP contribution in [-0.2, 0) is 6.54 Å². The van der Waals surface area contributed by atoms with E-state index in [0.717, 1.165) is 23.9 Å². The largest absolute Gasteiger partial charge is 0.478 e. The van der Waals surface area contributed by atoms with Crippen LogP contribution in [0.3, 0.4) is 0 Å². The van der Waals surface area contributed by atoms with E-state index in [9.17, 15) is 4.79 Å². The Labute approximate surface area is 132 Å². The fourth-order valence-electron chi connectivity index (χ4n) is 2.68. The van der Waals surface area contributed by atoms with Gasteiger partial charge >= 0.3 is 5.97 Å². The zero-order valence-electron chi connectivity index (χ0n) is 12.8. The molecular formula is C17H24ClNO2. The smallest absolute Gasteiger partial charge is 0.335 e. The second kappa shape index (κ2) is 8.08. The Kier molecular flexibility index (Phi) is 6.76. The van der Waals surface area contributed by atoms with E-state index in [1.807, 2.05) is 6.07 Å². The molecule has 0 fully saturated rings. The molecule has 1 heterocycles. The molecule has 0 unspecified atom stereocenters. The third-order valence-corrected chi connectivity index (χ3v) is 3.83. The lowest BCUT2D eigenvalue weighted by atomic mass is 10.1. The number of rotatable bonds is 7. The van der Waals surface area contributed by atoms with E-state index in [1.54, 1.807) is 12.1 Å². The highest BCUT2D eigenvalue weighted by Crippen LogP contribution is 2.23. The van der Waals surface area contributed by atoms with Crippen LogP contribution >= 0.6 is 12.4 Å². The number of unbranched alkanes of at least 4 members (excludes halogenated alkanes) is 4. The number of hydrogen-bond donors (Lipinski definition) is 1. The minimum Gasteiger partial charge on any atom is -0.478 e. The van der Waals surface area contributed by atoms with Gasteiger partial charge in [0.1, 0.15) is 0 Å². The summed E-state index contributed by atoms with van der Waals surface area (Å²) in [5, 5.41) is 10.3. The monoisotopic (exact) mass is 309 g/mol. The number of aryl methyl sites for hydroxylation is 2. The fourth-order valence-corrected chi connectivity index (χ4v) is 2.68. The summed E-state index contributed by atoms with van der Waals surface area (Å²) in [6, 6.07) is 5.39. The van der Waals surface area contributed by atoms with E-state index in [-0.39, 0.29) is 12.4 Å². The Morgan fingerprint density at radius 2 is 1.90 bits per heavy atom. The van der Waals surface area contributed by atoms with Crippen molar-refractivity contribution >= 4 is 29.3 Å². The van der Waals surface area contributed by atoms with Crippen LogP contribution in [0.2, 0.25) is 0 Å². The Morgan fingerprint density at radius 3 is 2.57 bits per heavy atom. The standard InChI is InChI=1S/C17H23NO2.ClH/c1-3-4-5-6-7-10-18-12-13(2)15-9-8-14(17(19)20)11-16(15)18;/h8-9,11-12H,3-7,10H2,1-2H3,(H,19,20);1H. The molecular weight excluding hydrogens is 286 g/mol. The predicted molar refractivity (Wildman–Crippen MR) is 89.6 cm³/mol.